The standard InChI is InChI=1S/C27H33N5O4/c1-4-26(2,3)19-8-12-27(13-9-19)24(35)32(25(36)31-27)17-22(33)29-20-6-5-7-21(16-20)30-23(34)18-10-14-28-15-11-18/h5-7,10-11,14-16,19H,4,8-9,12-13,17H2,1-3H3,(H,29,33)(H,30,34)(H,31,36). The minimum absolute atomic E-state index is 0.194. The van der Waals surface area contributed by atoms with Gasteiger partial charge in [-0.1, -0.05) is 33.3 Å². The highest BCUT2D eigenvalue weighted by atomic mass is 16.2. The molecule has 2 fully saturated rings. The Morgan fingerprint density at radius 3 is 2.36 bits per heavy atom. The topological polar surface area (TPSA) is 120 Å². The lowest BCUT2D eigenvalue weighted by Gasteiger charge is -2.42. The van der Waals surface area contributed by atoms with Gasteiger partial charge in [0.15, 0.2) is 0 Å². The molecule has 2 aromatic rings. The molecule has 0 unspecified atom stereocenters. The number of nitrogens with one attached hydrogen (secondary N) is 3. The third-order valence-electron chi connectivity index (χ3n) is 7.75. The second-order valence-corrected chi connectivity index (χ2v) is 10.3. The van der Waals surface area contributed by atoms with Crippen molar-refractivity contribution in [1.29, 1.82) is 0 Å². The van der Waals surface area contributed by atoms with Gasteiger partial charge in [0.05, 0.1) is 0 Å². The molecular weight excluding hydrogens is 458 g/mol. The molecule has 1 aromatic heterocycles. The van der Waals surface area contributed by atoms with E-state index in [0.717, 1.165) is 24.2 Å². The number of carbonyl (C=O) groups excluding carboxylic acids is 4. The summed E-state index contributed by atoms with van der Waals surface area (Å²) >= 11 is 0. The van der Waals surface area contributed by atoms with Crippen LogP contribution in [-0.4, -0.2) is 45.7 Å². The summed E-state index contributed by atoms with van der Waals surface area (Å²) < 4.78 is 0. The second kappa shape index (κ2) is 10.1. The highest BCUT2D eigenvalue weighted by Crippen LogP contribution is 2.45. The van der Waals surface area contributed by atoms with Crippen LogP contribution in [0.2, 0.25) is 0 Å². The maximum atomic E-state index is 13.2. The molecule has 1 spiro atoms. The number of aromatic nitrogens is 1. The van der Waals surface area contributed by atoms with Gasteiger partial charge in [-0.15, -0.1) is 0 Å². The summed E-state index contributed by atoms with van der Waals surface area (Å²) in [5, 5.41) is 8.36. The summed E-state index contributed by atoms with van der Waals surface area (Å²) in [6.45, 7) is 6.31. The van der Waals surface area contributed by atoms with E-state index in [2.05, 4.69) is 41.7 Å². The van der Waals surface area contributed by atoms with Crippen molar-refractivity contribution in [3.8, 4) is 0 Å². The van der Waals surface area contributed by atoms with Gasteiger partial charge < -0.3 is 16.0 Å². The van der Waals surface area contributed by atoms with Crippen LogP contribution in [0.1, 0.15) is 63.2 Å². The van der Waals surface area contributed by atoms with Crippen LogP contribution in [0.25, 0.3) is 0 Å². The maximum absolute atomic E-state index is 13.2. The molecule has 3 N–H and O–H groups in total. The van der Waals surface area contributed by atoms with Gasteiger partial charge in [-0.25, -0.2) is 4.79 Å². The van der Waals surface area contributed by atoms with Crippen LogP contribution < -0.4 is 16.0 Å². The van der Waals surface area contributed by atoms with Gasteiger partial charge in [0.1, 0.15) is 12.1 Å². The van der Waals surface area contributed by atoms with Crippen molar-refractivity contribution < 1.29 is 19.2 Å². The van der Waals surface area contributed by atoms with Crippen molar-refractivity contribution in [3.63, 3.8) is 0 Å². The molecule has 1 saturated heterocycles. The van der Waals surface area contributed by atoms with Crippen molar-refractivity contribution in [1.82, 2.24) is 15.2 Å². The molecular formula is C27H33N5O4. The number of amides is 5. The third kappa shape index (κ3) is 5.24. The predicted octanol–water partition coefficient (Wildman–Crippen LogP) is 4.19. The van der Waals surface area contributed by atoms with Gasteiger partial charge in [0.25, 0.3) is 11.8 Å². The fraction of sp³-hybridized carbons (Fsp3) is 0.444. The molecule has 0 bridgehead atoms. The predicted molar refractivity (Wildman–Crippen MR) is 136 cm³/mol. The van der Waals surface area contributed by atoms with Crippen LogP contribution in [0.3, 0.4) is 0 Å². The molecule has 9 nitrogen and oxygen atoms in total. The van der Waals surface area contributed by atoms with E-state index in [1.54, 1.807) is 36.4 Å². The minimum atomic E-state index is -0.908. The van der Waals surface area contributed by atoms with Crippen molar-refractivity contribution in [2.24, 2.45) is 11.3 Å². The summed E-state index contributed by atoms with van der Waals surface area (Å²) in [6.07, 6.45) is 7.03. The zero-order chi connectivity index (χ0) is 25.9. The highest BCUT2D eigenvalue weighted by Gasteiger charge is 2.53. The van der Waals surface area contributed by atoms with E-state index in [1.807, 2.05) is 0 Å². The fourth-order valence-corrected chi connectivity index (χ4v) is 5.06. The SMILES string of the molecule is CCC(C)(C)C1CCC2(CC1)NC(=O)N(CC(=O)Nc1cccc(NC(=O)c3ccncc3)c1)C2=O. The molecule has 1 aliphatic carbocycles. The first kappa shape index (κ1) is 25.3. The minimum Gasteiger partial charge on any atom is -0.324 e. The second-order valence-electron chi connectivity index (χ2n) is 10.3. The van der Waals surface area contributed by atoms with Crippen molar-refractivity contribution in [2.75, 3.05) is 17.2 Å². The molecule has 190 valence electrons. The molecule has 9 heteroatoms. The van der Waals surface area contributed by atoms with Crippen LogP contribution >= 0.6 is 0 Å². The normalized spacial score (nSPS) is 21.9. The average molecular weight is 492 g/mol. The molecule has 0 radical (unpaired) electrons. The first-order valence-corrected chi connectivity index (χ1v) is 12.4. The lowest BCUT2D eigenvalue weighted by atomic mass is 9.65. The number of carbonyl (C=O) groups is 4. The summed E-state index contributed by atoms with van der Waals surface area (Å²) in [5.41, 5.74) is 0.680. The molecule has 2 aliphatic rings. The van der Waals surface area contributed by atoms with Gasteiger partial charge in [0, 0.05) is 29.3 Å². The molecule has 0 atom stereocenters. The molecule has 4 rings (SSSR count). The Morgan fingerprint density at radius 1 is 1.08 bits per heavy atom. The van der Waals surface area contributed by atoms with Crippen LogP contribution in [0.4, 0.5) is 16.2 Å². The Kier molecular flexibility index (Phi) is 7.10. The number of urea groups is 1. The number of hydrogen-bond acceptors (Lipinski definition) is 5. The van der Waals surface area contributed by atoms with E-state index in [9.17, 15) is 19.2 Å². The zero-order valence-electron chi connectivity index (χ0n) is 21.0. The number of imide groups is 1. The first-order chi connectivity index (χ1) is 17.1. The summed E-state index contributed by atoms with van der Waals surface area (Å²) in [7, 11) is 0. The van der Waals surface area contributed by atoms with Crippen molar-refractivity contribution >= 4 is 35.1 Å². The quantitative estimate of drug-likeness (QED) is 0.502. The van der Waals surface area contributed by atoms with Crippen LogP contribution in [-0.2, 0) is 9.59 Å². The summed E-state index contributed by atoms with van der Waals surface area (Å²) in [6, 6.07) is 9.35. The van der Waals surface area contributed by atoms with Gasteiger partial charge in [-0.2, -0.15) is 0 Å². The number of nitrogens with zero attached hydrogens (tertiary/aromatic N) is 2. The lowest BCUT2D eigenvalue weighted by molar-refractivity contribution is -0.135. The summed E-state index contributed by atoms with van der Waals surface area (Å²) in [5.74, 6) is -0.619. The maximum Gasteiger partial charge on any atom is 0.325 e. The number of anilines is 2. The highest BCUT2D eigenvalue weighted by molar-refractivity contribution is 6.10. The van der Waals surface area contributed by atoms with Crippen LogP contribution in [0.5, 0.6) is 0 Å². The number of hydrogen-bond donors (Lipinski definition) is 3. The van der Waals surface area contributed by atoms with Crippen LogP contribution in [0.15, 0.2) is 48.8 Å². The smallest absolute Gasteiger partial charge is 0.324 e. The van der Waals surface area contributed by atoms with Crippen molar-refractivity contribution in [2.45, 2.75) is 58.4 Å². The Hall–Kier alpha value is -3.75. The van der Waals surface area contributed by atoms with E-state index < -0.39 is 17.5 Å². The van der Waals surface area contributed by atoms with E-state index >= 15 is 0 Å². The van der Waals surface area contributed by atoms with E-state index in [0.29, 0.717) is 35.7 Å². The van der Waals surface area contributed by atoms with Gasteiger partial charge >= 0.3 is 6.03 Å². The summed E-state index contributed by atoms with van der Waals surface area (Å²) in [4.78, 5) is 55.9. The first-order valence-electron chi connectivity index (χ1n) is 12.4. The third-order valence-corrected chi connectivity index (χ3v) is 7.75. The van der Waals surface area contributed by atoms with Gasteiger partial charge in [0.2, 0.25) is 5.91 Å². The monoisotopic (exact) mass is 491 g/mol. The van der Waals surface area contributed by atoms with Gasteiger partial charge in [-0.3, -0.25) is 24.3 Å². The number of pyridine rings is 1. The van der Waals surface area contributed by atoms with E-state index in [-0.39, 0.29) is 23.8 Å². The molecule has 1 aromatic carbocycles. The largest absolute Gasteiger partial charge is 0.325 e. The fourth-order valence-electron chi connectivity index (χ4n) is 5.06. The van der Waals surface area contributed by atoms with Crippen LogP contribution in [0, 0.1) is 11.3 Å². The zero-order valence-corrected chi connectivity index (χ0v) is 21.0. The van der Waals surface area contributed by atoms with Crippen molar-refractivity contribution in [3.05, 3.63) is 54.4 Å². The molecule has 5 amide bonds. The average Bonchev–Trinajstić information content (AvgIpc) is 3.08. The number of rotatable bonds is 7. The van der Waals surface area contributed by atoms with Gasteiger partial charge in [-0.05, 0) is 67.3 Å². The molecule has 36 heavy (non-hydrogen) atoms. The van der Waals surface area contributed by atoms with E-state index in [4.69, 9.17) is 0 Å². The Bertz CT molecular complexity index is 1160. The molecule has 1 saturated carbocycles. The lowest BCUT2D eigenvalue weighted by Crippen LogP contribution is -2.51. The molecule has 2 heterocycles. The Morgan fingerprint density at radius 2 is 1.72 bits per heavy atom. The Balaban J connectivity index is 1.35. The van der Waals surface area contributed by atoms with E-state index in [1.165, 1.54) is 12.4 Å². The number of benzene rings is 1. The Labute approximate surface area is 211 Å². The molecule has 1 aliphatic heterocycles.